The van der Waals surface area contributed by atoms with Gasteiger partial charge in [0.05, 0.1) is 29.4 Å². The minimum Gasteiger partial charge on any atom is -0.465 e. The van der Waals surface area contributed by atoms with Crippen molar-refractivity contribution in [3.8, 4) is 0 Å². The summed E-state index contributed by atoms with van der Waals surface area (Å²) in [5.74, 6) is -0.949. The van der Waals surface area contributed by atoms with E-state index in [1.165, 1.54) is 31.4 Å². The van der Waals surface area contributed by atoms with E-state index in [1.807, 2.05) is 19.1 Å². The normalized spacial score (nSPS) is 17.2. The highest BCUT2D eigenvalue weighted by atomic mass is 79.9. The van der Waals surface area contributed by atoms with Crippen LogP contribution in [0.25, 0.3) is 0 Å². The number of hydrogen-bond donors (Lipinski definition) is 1. The highest BCUT2D eigenvalue weighted by molar-refractivity contribution is 9.10. The van der Waals surface area contributed by atoms with Crippen molar-refractivity contribution >= 4 is 45.2 Å². The van der Waals surface area contributed by atoms with Crippen LogP contribution in [0.4, 0.5) is 14.9 Å². The molecule has 0 radical (unpaired) electrons. The van der Waals surface area contributed by atoms with Crippen molar-refractivity contribution in [3.63, 3.8) is 0 Å². The van der Waals surface area contributed by atoms with Crippen LogP contribution >= 0.6 is 27.5 Å². The summed E-state index contributed by atoms with van der Waals surface area (Å²) in [5, 5.41) is 3.00. The number of hydrogen-bond acceptors (Lipinski definition) is 3. The van der Waals surface area contributed by atoms with Gasteiger partial charge in [-0.1, -0.05) is 29.8 Å². The lowest BCUT2D eigenvalue weighted by atomic mass is 9.95. The fourth-order valence-corrected chi connectivity index (χ4v) is 3.96. The van der Waals surface area contributed by atoms with E-state index in [1.54, 1.807) is 23.2 Å². The minimum atomic E-state index is -0.609. The zero-order valence-electron chi connectivity index (χ0n) is 16.3. The highest BCUT2D eigenvalue weighted by Crippen LogP contribution is 2.35. The van der Waals surface area contributed by atoms with E-state index in [0.29, 0.717) is 16.6 Å². The molecule has 0 bridgehead atoms. The van der Waals surface area contributed by atoms with E-state index >= 15 is 0 Å². The van der Waals surface area contributed by atoms with Gasteiger partial charge in [-0.25, -0.2) is 14.0 Å². The molecule has 1 aliphatic heterocycles. The zero-order valence-corrected chi connectivity index (χ0v) is 18.6. The van der Waals surface area contributed by atoms with Gasteiger partial charge in [-0.15, -0.1) is 0 Å². The van der Waals surface area contributed by atoms with Gasteiger partial charge in [0.2, 0.25) is 0 Å². The number of rotatable bonds is 3. The van der Waals surface area contributed by atoms with E-state index in [9.17, 15) is 14.0 Å². The van der Waals surface area contributed by atoms with Crippen molar-refractivity contribution in [3.05, 3.63) is 86.8 Å². The second-order valence-corrected chi connectivity index (χ2v) is 7.85. The van der Waals surface area contributed by atoms with Gasteiger partial charge in [0, 0.05) is 10.7 Å². The van der Waals surface area contributed by atoms with Gasteiger partial charge in [-0.05, 0) is 70.8 Å². The molecule has 0 saturated carbocycles. The van der Waals surface area contributed by atoms with Crippen LogP contribution < -0.4 is 5.32 Å². The van der Waals surface area contributed by atoms with Crippen LogP contribution in [0.15, 0.2) is 64.8 Å². The molecule has 1 N–H and O–H groups in total. The number of nitrogens with one attached hydrogen (secondary N) is 1. The van der Waals surface area contributed by atoms with Crippen molar-refractivity contribution in [2.24, 2.45) is 0 Å². The fraction of sp³-hybridized carbons (Fsp3) is 0.182. The van der Waals surface area contributed by atoms with E-state index in [0.717, 1.165) is 11.1 Å². The molecule has 2 aromatic carbocycles. The van der Waals surface area contributed by atoms with Crippen LogP contribution in [-0.2, 0) is 4.74 Å². The third-order valence-electron chi connectivity index (χ3n) is 4.78. The average molecular weight is 494 g/mol. The number of halogens is 3. The minimum absolute atomic E-state index is 0.137. The zero-order chi connectivity index (χ0) is 21.8. The first-order chi connectivity index (χ1) is 14.3. The molecule has 1 aliphatic rings. The third kappa shape index (κ3) is 4.74. The summed E-state index contributed by atoms with van der Waals surface area (Å²) >= 11 is 9.46. The van der Waals surface area contributed by atoms with Gasteiger partial charge in [0.1, 0.15) is 5.82 Å². The van der Waals surface area contributed by atoms with Gasteiger partial charge in [-0.3, -0.25) is 4.90 Å². The standard InChI is InChI=1S/C22H19BrClFN2O3/c1-3-13-8-9-27(20(10-13)14-4-6-15(25)7-5-14)22(29)26-19-11-16(21(28)30-2)18(24)12-17(19)23/h3-9,11-12,20H,10H2,1-2H3,(H,26,29)/b13-3+. The second kappa shape index (κ2) is 9.45. The molecule has 1 heterocycles. The SMILES string of the molecule is C/C=C1\C=CN(C(=O)Nc2cc(C(=O)OC)c(Cl)cc2Br)C(c2ccc(F)cc2)C1. The Labute approximate surface area is 187 Å². The molecule has 1 unspecified atom stereocenters. The summed E-state index contributed by atoms with van der Waals surface area (Å²) in [6.07, 6.45) is 6.10. The molecule has 2 amide bonds. The van der Waals surface area contributed by atoms with Crippen molar-refractivity contribution in [1.82, 2.24) is 4.90 Å². The van der Waals surface area contributed by atoms with Crippen LogP contribution in [0.3, 0.4) is 0 Å². The van der Waals surface area contributed by atoms with E-state index in [-0.39, 0.29) is 22.4 Å². The molecular weight excluding hydrogens is 475 g/mol. The first-order valence-electron chi connectivity index (χ1n) is 9.09. The molecular formula is C22H19BrClFN2O3. The average Bonchev–Trinajstić information content (AvgIpc) is 2.75. The van der Waals surface area contributed by atoms with E-state index in [4.69, 9.17) is 16.3 Å². The van der Waals surface area contributed by atoms with Crippen molar-refractivity contribution in [2.75, 3.05) is 12.4 Å². The Morgan fingerprint density at radius 3 is 2.63 bits per heavy atom. The maximum Gasteiger partial charge on any atom is 0.339 e. The lowest BCUT2D eigenvalue weighted by molar-refractivity contribution is 0.0601. The number of esters is 1. The third-order valence-corrected chi connectivity index (χ3v) is 5.75. The predicted molar refractivity (Wildman–Crippen MR) is 118 cm³/mol. The monoisotopic (exact) mass is 492 g/mol. The molecule has 0 spiro atoms. The number of carbonyl (C=O) groups excluding carboxylic acids is 2. The highest BCUT2D eigenvalue weighted by Gasteiger charge is 2.28. The van der Waals surface area contributed by atoms with Gasteiger partial charge < -0.3 is 10.1 Å². The number of urea groups is 1. The number of nitrogens with zero attached hydrogens (tertiary/aromatic N) is 1. The molecule has 0 aromatic heterocycles. The fourth-order valence-electron chi connectivity index (χ4n) is 3.15. The summed E-state index contributed by atoms with van der Waals surface area (Å²) in [6, 6.07) is 8.33. The number of carbonyl (C=O) groups is 2. The number of anilines is 1. The van der Waals surface area contributed by atoms with Gasteiger partial charge in [0.25, 0.3) is 0 Å². The quantitative estimate of drug-likeness (QED) is 0.499. The second-order valence-electron chi connectivity index (χ2n) is 6.59. The van der Waals surface area contributed by atoms with E-state index < -0.39 is 12.0 Å². The Hall–Kier alpha value is -2.64. The largest absolute Gasteiger partial charge is 0.465 e. The molecule has 5 nitrogen and oxygen atoms in total. The molecule has 2 aromatic rings. The Morgan fingerprint density at radius 1 is 1.30 bits per heavy atom. The maximum absolute atomic E-state index is 13.4. The summed E-state index contributed by atoms with van der Waals surface area (Å²) < 4.78 is 18.6. The Bertz CT molecular complexity index is 1040. The van der Waals surface area contributed by atoms with Crippen molar-refractivity contribution in [1.29, 1.82) is 0 Å². The van der Waals surface area contributed by atoms with Crippen molar-refractivity contribution in [2.45, 2.75) is 19.4 Å². The molecule has 8 heteroatoms. The lowest BCUT2D eigenvalue weighted by Gasteiger charge is -2.33. The van der Waals surface area contributed by atoms with Crippen LogP contribution in [0.5, 0.6) is 0 Å². The van der Waals surface area contributed by atoms with Gasteiger partial charge >= 0.3 is 12.0 Å². The Kier molecular flexibility index (Phi) is 6.95. The van der Waals surface area contributed by atoms with Gasteiger partial charge in [0.15, 0.2) is 0 Å². The number of methoxy groups -OCH3 is 1. The summed E-state index contributed by atoms with van der Waals surface area (Å²) in [5.41, 5.74) is 2.38. The molecule has 3 rings (SSSR count). The first kappa shape index (κ1) is 22.1. The van der Waals surface area contributed by atoms with Crippen LogP contribution in [0, 0.1) is 5.82 Å². The van der Waals surface area contributed by atoms with Gasteiger partial charge in [-0.2, -0.15) is 0 Å². The molecule has 0 aliphatic carbocycles. The van der Waals surface area contributed by atoms with E-state index in [2.05, 4.69) is 21.2 Å². The Balaban J connectivity index is 1.92. The topological polar surface area (TPSA) is 58.6 Å². The van der Waals surface area contributed by atoms with Crippen LogP contribution in [0.1, 0.15) is 35.3 Å². The first-order valence-corrected chi connectivity index (χ1v) is 10.3. The molecule has 30 heavy (non-hydrogen) atoms. The molecule has 0 fully saturated rings. The number of benzene rings is 2. The maximum atomic E-state index is 13.4. The molecule has 156 valence electrons. The van der Waals surface area contributed by atoms with Crippen LogP contribution in [-0.4, -0.2) is 24.0 Å². The number of amides is 2. The van der Waals surface area contributed by atoms with Crippen LogP contribution in [0.2, 0.25) is 5.02 Å². The lowest BCUT2D eigenvalue weighted by Crippen LogP contribution is -2.36. The smallest absolute Gasteiger partial charge is 0.339 e. The molecule has 0 saturated heterocycles. The van der Waals surface area contributed by atoms with Crippen molar-refractivity contribution < 1.29 is 18.7 Å². The molecule has 1 atom stereocenters. The predicted octanol–water partition coefficient (Wildman–Crippen LogP) is 6.47. The number of ether oxygens (including phenoxy) is 1. The summed E-state index contributed by atoms with van der Waals surface area (Å²) in [7, 11) is 1.25. The number of allylic oxidation sites excluding steroid dienone is 2. The summed E-state index contributed by atoms with van der Waals surface area (Å²) in [4.78, 5) is 26.6. The summed E-state index contributed by atoms with van der Waals surface area (Å²) in [6.45, 7) is 1.93. The Morgan fingerprint density at radius 2 is 2.00 bits per heavy atom.